The van der Waals surface area contributed by atoms with Crippen molar-refractivity contribution in [2.75, 3.05) is 5.32 Å². The lowest BCUT2D eigenvalue weighted by atomic mass is 9.96. The number of carbonyl (C=O) groups excluding carboxylic acids is 1. The van der Waals surface area contributed by atoms with Gasteiger partial charge in [-0.1, -0.05) is 78.9 Å². The van der Waals surface area contributed by atoms with Gasteiger partial charge in [0.2, 0.25) is 0 Å². The number of carbonyl (C=O) groups is 1. The van der Waals surface area contributed by atoms with E-state index < -0.39 is 5.97 Å². The molecule has 0 spiro atoms. The summed E-state index contributed by atoms with van der Waals surface area (Å²) >= 11 is 0. The summed E-state index contributed by atoms with van der Waals surface area (Å²) in [5.41, 5.74) is 4.17. The average molecular weight is 450 g/mol. The summed E-state index contributed by atoms with van der Waals surface area (Å²) in [5.74, 6) is -0.480. The van der Waals surface area contributed by atoms with Crippen LogP contribution in [0.2, 0.25) is 0 Å². The van der Waals surface area contributed by atoms with Gasteiger partial charge in [0.1, 0.15) is 5.69 Å². The molecule has 0 aliphatic carbocycles. The molecule has 1 N–H and O–H groups in total. The fourth-order valence-corrected chi connectivity index (χ4v) is 3.91. The van der Waals surface area contributed by atoms with E-state index in [9.17, 15) is 9.32 Å². The molecule has 6 nitrogen and oxygen atoms in total. The molecule has 0 radical (unpaired) electrons. The van der Waals surface area contributed by atoms with Crippen molar-refractivity contribution in [1.29, 1.82) is 0 Å². The Morgan fingerprint density at radius 1 is 0.853 bits per heavy atom. The van der Waals surface area contributed by atoms with Gasteiger partial charge in [0.25, 0.3) is 0 Å². The molecule has 0 unspecified atom stereocenters. The van der Waals surface area contributed by atoms with Gasteiger partial charge in [-0.15, -0.1) is 10.2 Å². The molecule has 34 heavy (non-hydrogen) atoms. The van der Waals surface area contributed by atoms with E-state index in [1.54, 1.807) is 6.20 Å². The number of pyridine rings is 1. The number of fused-ring (bicyclic) bond motifs is 1. The maximum Gasteiger partial charge on any atom is 0.381 e. The standard InChI is InChI=1S/C27H19FN4O2/c28-34-27(33)21-14-20(16-29-17-21)25-23-13-7-12-22(19-10-5-2-6-11-19)24(23)26(32-31-25)30-15-18-8-3-1-4-9-18/h1-14,16-17H,15H2,(H,30,32). The zero-order chi connectivity index (χ0) is 23.3. The van der Waals surface area contributed by atoms with Crippen LogP contribution >= 0.6 is 0 Å². The fraction of sp³-hybridized carbons (Fsp3) is 0.0370. The van der Waals surface area contributed by atoms with Crippen molar-refractivity contribution < 1.29 is 14.3 Å². The number of rotatable bonds is 6. The minimum Gasteiger partial charge on any atom is -0.364 e. The highest BCUT2D eigenvalue weighted by Crippen LogP contribution is 2.37. The lowest BCUT2D eigenvalue weighted by molar-refractivity contribution is -0.0788. The Labute approximate surface area is 195 Å². The Balaban J connectivity index is 1.68. The van der Waals surface area contributed by atoms with Crippen LogP contribution < -0.4 is 5.32 Å². The first-order valence-corrected chi connectivity index (χ1v) is 10.7. The van der Waals surface area contributed by atoms with Gasteiger partial charge in [0.15, 0.2) is 5.82 Å². The third kappa shape index (κ3) is 4.19. The van der Waals surface area contributed by atoms with Gasteiger partial charge in [-0.2, -0.15) is 0 Å². The molecule has 0 saturated carbocycles. The van der Waals surface area contributed by atoms with Crippen LogP contribution in [0.3, 0.4) is 0 Å². The van der Waals surface area contributed by atoms with Crippen LogP contribution in [-0.2, 0) is 11.5 Å². The highest BCUT2D eigenvalue weighted by molar-refractivity contribution is 6.08. The van der Waals surface area contributed by atoms with E-state index in [-0.39, 0.29) is 5.56 Å². The highest BCUT2D eigenvalue weighted by Gasteiger charge is 2.17. The molecule has 3 aromatic carbocycles. The van der Waals surface area contributed by atoms with E-state index >= 15 is 0 Å². The van der Waals surface area contributed by atoms with Crippen molar-refractivity contribution in [2.24, 2.45) is 0 Å². The minimum atomic E-state index is -1.11. The van der Waals surface area contributed by atoms with Crippen molar-refractivity contribution in [1.82, 2.24) is 15.2 Å². The SMILES string of the molecule is O=C(OF)c1cncc(-c2nnc(NCc3ccccc3)c3c(-c4ccccc4)cccc23)c1. The lowest BCUT2D eigenvalue weighted by Gasteiger charge is -2.15. The summed E-state index contributed by atoms with van der Waals surface area (Å²) in [6.45, 7) is 0.576. The number of aromatic nitrogens is 3. The Morgan fingerprint density at radius 3 is 2.38 bits per heavy atom. The molecule has 0 fully saturated rings. The average Bonchev–Trinajstić information content (AvgIpc) is 2.92. The topological polar surface area (TPSA) is 77.0 Å². The van der Waals surface area contributed by atoms with Crippen molar-refractivity contribution in [3.63, 3.8) is 0 Å². The number of hydrogen-bond donors (Lipinski definition) is 1. The first-order valence-electron chi connectivity index (χ1n) is 10.7. The van der Waals surface area contributed by atoms with E-state index in [2.05, 4.69) is 25.4 Å². The van der Waals surface area contributed by atoms with Crippen molar-refractivity contribution >= 4 is 22.6 Å². The summed E-state index contributed by atoms with van der Waals surface area (Å²) < 4.78 is 12.5. The first kappa shape index (κ1) is 21.2. The zero-order valence-electron chi connectivity index (χ0n) is 18.0. The third-order valence-corrected chi connectivity index (χ3v) is 5.51. The maximum atomic E-state index is 12.5. The molecular weight excluding hydrogens is 431 g/mol. The molecule has 5 rings (SSSR count). The van der Waals surface area contributed by atoms with Gasteiger partial charge >= 0.3 is 5.97 Å². The molecule has 0 bridgehead atoms. The first-order chi connectivity index (χ1) is 16.7. The number of nitrogens with zero attached hydrogens (tertiary/aromatic N) is 3. The van der Waals surface area contributed by atoms with Gasteiger partial charge in [-0.05, 0) is 22.8 Å². The molecule has 2 heterocycles. The van der Waals surface area contributed by atoms with Crippen molar-refractivity contribution in [2.45, 2.75) is 6.54 Å². The van der Waals surface area contributed by atoms with Crippen LogP contribution in [0.25, 0.3) is 33.2 Å². The number of halogens is 1. The molecular formula is C27H19FN4O2. The summed E-state index contributed by atoms with van der Waals surface area (Å²) in [4.78, 5) is 19.1. The molecule has 0 aliphatic rings. The van der Waals surface area contributed by atoms with E-state index in [4.69, 9.17) is 0 Å². The Morgan fingerprint density at radius 2 is 1.62 bits per heavy atom. The number of benzene rings is 3. The van der Waals surface area contributed by atoms with Gasteiger partial charge in [-0.3, -0.25) is 4.98 Å². The predicted molar refractivity (Wildman–Crippen MR) is 128 cm³/mol. The number of hydrogen-bond acceptors (Lipinski definition) is 6. The van der Waals surface area contributed by atoms with Crippen molar-refractivity contribution in [3.05, 3.63) is 108 Å². The predicted octanol–water partition coefficient (Wildman–Crippen LogP) is 6.01. The molecule has 0 atom stereocenters. The summed E-state index contributed by atoms with van der Waals surface area (Å²) in [6, 6.07) is 27.4. The molecule has 0 aliphatic heterocycles. The van der Waals surface area contributed by atoms with E-state index in [1.807, 2.05) is 78.9 Å². The second-order valence-electron chi connectivity index (χ2n) is 7.66. The van der Waals surface area contributed by atoms with Gasteiger partial charge < -0.3 is 5.32 Å². The smallest absolute Gasteiger partial charge is 0.364 e. The number of nitrogens with one attached hydrogen (secondary N) is 1. The maximum absolute atomic E-state index is 12.5. The summed E-state index contributed by atoms with van der Waals surface area (Å²) in [5, 5.41) is 14.1. The third-order valence-electron chi connectivity index (χ3n) is 5.51. The summed E-state index contributed by atoms with van der Waals surface area (Å²) in [6.07, 6.45) is 2.80. The molecule has 7 heteroatoms. The summed E-state index contributed by atoms with van der Waals surface area (Å²) in [7, 11) is 0. The van der Waals surface area contributed by atoms with Crippen LogP contribution in [0.1, 0.15) is 15.9 Å². The van der Waals surface area contributed by atoms with Crippen LogP contribution in [0.4, 0.5) is 10.3 Å². The zero-order valence-corrected chi connectivity index (χ0v) is 18.0. The van der Waals surface area contributed by atoms with Crippen LogP contribution in [0.15, 0.2) is 97.3 Å². The molecule has 0 amide bonds. The number of anilines is 1. The molecule has 2 aromatic heterocycles. The Bertz CT molecular complexity index is 1460. The van der Waals surface area contributed by atoms with Crippen LogP contribution in [0.5, 0.6) is 0 Å². The van der Waals surface area contributed by atoms with Gasteiger partial charge in [-0.25, -0.2) is 9.74 Å². The normalized spacial score (nSPS) is 10.7. The van der Waals surface area contributed by atoms with E-state index in [0.717, 1.165) is 27.5 Å². The van der Waals surface area contributed by atoms with Crippen LogP contribution in [0, 0.1) is 0 Å². The second-order valence-corrected chi connectivity index (χ2v) is 7.66. The second kappa shape index (κ2) is 9.46. The van der Waals surface area contributed by atoms with E-state index in [1.165, 1.54) is 12.3 Å². The fourth-order valence-electron chi connectivity index (χ4n) is 3.91. The van der Waals surface area contributed by atoms with Gasteiger partial charge in [0, 0.05) is 39.8 Å². The Hall–Kier alpha value is -4.65. The minimum absolute atomic E-state index is 0.0135. The van der Waals surface area contributed by atoms with E-state index in [0.29, 0.717) is 23.6 Å². The van der Waals surface area contributed by atoms with Gasteiger partial charge in [0.05, 0.1) is 5.56 Å². The van der Waals surface area contributed by atoms with Crippen molar-refractivity contribution in [3.8, 4) is 22.4 Å². The monoisotopic (exact) mass is 450 g/mol. The Kier molecular flexibility index (Phi) is 5.90. The quantitative estimate of drug-likeness (QED) is 0.341. The molecule has 5 aromatic rings. The largest absolute Gasteiger partial charge is 0.381 e. The highest BCUT2D eigenvalue weighted by atomic mass is 19.3. The lowest BCUT2D eigenvalue weighted by Crippen LogP contribution is -2.05. The molecule has 166 valence electrons. The van der Waals surface area contributed by atoms with Crippen LogP contribution in [-0.4, -0.2) is 21.2 Å². The molecule has 0 saturated heterocycles.